The van der Waals surface area contributed by atoms with Gasteiger partial charge in [0, 0.05) is 12.1 Å². The van der Waals surface area contributed by atoms with Gasteiger partial charge in [-0.3, -0.25) is 5.10 Å². The van der Waals surface area contributed by atoms with Crippen molar-refractivity contribution in [1.82, 2.24) is 19.8 Å². The van der Waals surface area contributed by atoms with Crippen LogP contribution in [0.5, 0.6) is 0 Å². The number of nitrogens with one attached hydrogen (secondary N) is 2. The zero-order valence-corrected chi connectivity index (χ0v) is 11.5. The highest BCUT2D eigenvalue weighted by molar-refractivity contribution is 7.89. The van der Waals surface area contributed by atoms with Gasteiger partial charge in [0.15, 0.2) is 0 Å². The van der Waals surface area contributed by atoms with Gasteiger partial charge < -0.3 is 10.6 Å². The summed E-state index contributed by atoms with van der Waals surface area (Å²) in [6.45, 7) is 2.12. The maximum atomic E-state index is 12.2. The molecule has 8 heteroatoms. The maximum Gasteiger partial charge on any atom is 0.246 e. The number of sulfonamides is 1. The van der Waals surface area contributed by atoms with Gasteiger partial charge in [-0.2, -0.15) is 5.10 Å². The van der Waals surface area contributed by atoms with E-state index in [1.807, 2.05) is 0 Å². The van der Waals surface area contributed by atoms with Crippen molar-refractivity contribution in [2.75, 3.05) is 18.8 Å². The van der Waals surface area contributed by atoms with Gasteiger partial charge >= 0.3 is 0 Å². The Kier molecular flexibility index (Phi) is 3.23. The van der Waals surface area contributed by atoms with E-state index in [0.29, 0.717) is 6.04 Å². The zero-order valence-electron chi connectivity index (χ0n) is 10.7. The fraction of sp³-hybridized carbons (Fsp3) is 0.727. The molecule has 1 aromatic heterocycles. The van der Waals surface area contributed by atoms with Crippen LogP contribution in [-0.4, -0.2) is 48.7 Å². The summed E-state index contributed by atoms with van der Waals surface area (Å²) in [5, 5.41) is 6.11. The molecule has 2 fully saturated rings. The van der Waals surface area contributed by atoms with Crippen molar-refractivity contribution in [2.45, 2.75) is 42.7 Å². The summed E-state index contributed by atoms with van der Waals surface area (Å²) in [6.07, 6.45) is 5.39. The van der Waals surface area contributed by atoms with Crippen LogP contribution in [0.25, 0.3) is 0 Å². The van der Waals surface area contributed by atoms with Crippen LogP contribution in [0, 0.1) is 0 Å². The molecule has 0 aromatic carbocycles. The lowest BCUT2D eigenvalue weighted by atomic mass is 9.99. The average Bonchev–Trinajstić information content (AvgIpc) is 2.96. The SMILES string of the molecule is Nc1[nH]ncc1S(=O)(=O)NC1CCN2CCCC2C1. The number of hydrogen-bond donors (Lipinski definition) is 3. The van der Waals surface area contributed by atoms with Crippen LogP contribution in [0.2, 0.25) is 0 Å². The molecule has 3 rings (SSSR count). The zero-order chi connectivity index (χ0) is 13.5. The van der Waals surface area contributed by atoms with E-state index in [0.717, 1.165) is 25.9 Å². The highest BCUT2D eigenvalue weighted by Crippen LogP contribution is 2.27. The summed E-state index contributed by atoms with van der Waals surface area (Å²) in [5.74, 6) is 0.0887. The molecule has 0 radical (unpaired) electrons. The van der Waals surface area contributed by atoms with E-state index in [2.05, 4.69) is 19.8 Å². The molecule has 2 unspecified atom stereocenters. The first kappa shape index (κ1) is 12.9. The van der Waals surface area contributed by atoms with E-state index in [1.54, 1.807) is 0 Å². The molecule has 0 aliphatic carbocycles. The second kappa shape index (κ2) is 4.77. The van der Waals surface area contributed by atoms with Crippen molar-refractivity contribution in [3.05, 3.63) is 6.20 Å². The van der Waals surface area contributed by atoms with Crippen LogP contribution in [0.3, 0.4) is 0 Å². The summed E-state index contributed by atoms with van der Waals surface area (Å²) in [6, 6.07) is 0.529. The molecule has 4 N–H and O–H groups in total. The quantitative estimate of drug-likeness (QED) is 0.719. The molecule has 0 saturated carbocycles. The number of nitrogen functional groups attached to an aromatic ring is 1. The molecule has 0 bridgehead atoms. The summed E-state index contributed by atoms with van der Waals surface area (Å²) in [5.41, 5.74) is 5.57. The van der Waals surface area contributed by atoms with Crippen molar-refractivity contribution in [2.24, 2.45) is 0 Å². The number of fused-ring (bicyclic) bond motifs is 1. The predicted molar refractivity (Wildman–Crippen MR) is 70.9 cm³/mol. The van der Waals surface area contributed by atoms with Crippen molar-refractivity contribution in [3.8, 4) is 0 Å². The second-order valence-corrected chi connectivity index (χ2v) is 7.00. The fourth-order valence-corrected chi connectivity index (χ4v) is 4.42. The average molecular weight is 285 g/mol. The maximum absolute atomic E-state index is 12.2. The van der Waals surface area contributed by atoms with Crippen LogP contribution >= 0.6 is 0 Å². The highest BCUT2D eigenvalue weighted by Gasteiger charge is 2.34. The summed E-state index contributed by atoms with van der Waals surface area (Å²) in [4.78, 5) is 2.50. The Morgan fingerprint density at radius 3 is 3.00 bits per heavy atom. The van der Waals surface area contributed by atoms with Gasteiger partial charge in [0.2, 0.25) is 10.0 Å². The van der Waals surface area contributed by atoms with Gasteiger partial charge in [0.1, 0.15) is 10.7 Å². The lowest BCUT2D eigenvalue weighted by molar-refractivity contribution is 0.176. The minimum Gasteiger partial charge on any atom is -0.383 e. The monoisotopic (exact) mass is 285 g/mol. The molecular weight excluding hydrogens is 266 g/mol. The van der Waals surface area contributed by atoms with E-state index in [9.17, 15) is 8.42 Å². The number of rotatable bonds is 3. The van der Waals surface area contributed by atoms with Crippen LogP contribution in [0.1, 0.15) is 25.7 Å². The Labute approximate surface area is 112 Å². The molecule has 0 amide bonds. The van der Waals surface area contributed by atoms with Crippen molar-refractivity contribution in [1.29, 1.82) is 0 Å². The first-order valence-corrected chi connectivity index (χ1v) is 8.10. The molecule has 19 heavy (non-hydrogen) atoms. The minimum absolute atomic E-state index is 0.00125. The van der Waals surface area contributed by atoms with Crippen LogP contribution in [0.15, 0.2) is 11.1 Å². The van der Waals surface area contributed by atoms with Gasteiger partial charge in [-0.1, -0.05) is 0 Å². The van der Waals surface area contributed by atoms with E-state index >= 15 is 0 Å². The lowest BCUT2D eigenvalue weighted by Gasteiger charge is -2.34. The number of anilines is 1. The number of aromatic amines is 1. The normalized spacial score (nSPS) is 28.4. The number of H-pyrrole nitrogens is 1. The van der Waals surface area contributed by atoms with Gasteiger partial charge in [-0.05, 0) is 38.8 Å². The van der Waals surface area contributed by atoms with E-state index in [4.69, 9.17) is 5.73 Å². The number of piperidine rings is 1. The van der Waals surface area contributed by atoms with E-state index < -0.39 is 10.0 Å². The molecule has 106 valence electrons. The first-order valence-electron chi connectivity index (χ1n) is 6.61. The number of nitrogens with two attached hydrogens (primary N) is 1. The lowest BCUT2D eigenvalue weighted by Crippen LogP contribution is -2.47. The third-order valence-corrected chi connectivity index (χ3v) is 5.61. The van der Waals surface area contributed by atoms with Gasteiger partial charge in [-0.15, -0.1) is 0 Å². The topological polar surface area (TPSA) is 104 Å². The Balaban J connectivity index is 1.70. The molecular formula is C11H19N5O2S. The summed E-state index contributed by atoms with van der Waals surface area (Å²) < 4.78 is 27.2. The fourth-order valence-electron chi connectivity index (χ4n) is 3.11. The Morgan fingerprint density at radius 2 is 2.26 bits per heavy atom. The van der Waals surface area contributed by atoms with Crippen molar-refractivity contribution >= 4 is 15.8 Å². The minimum atomic E-state index is -3.56. The van der Waals surface area contributed by atoms with Crippen molar-refractivity contribution < 1.29 is 8.42 Å². The summed E-state index contributed by atoms with van der Waals surface area (Å²) >= 11 is 0. The van der Waals surface area contributed by atoms with Crippen LogP contribution in [0.4, 0.5) is 5.82 Å². The molecule has 2 atom stereocenters. The molecule has 2 aliphatic rings. The van der Waals surface area contributed by atoms with Gasteiger partial charge in [0.05, 0.1) is 6.20 Å². The Bertz CT molecular complexity index is 555. The largest absolute Gasteiger partial charge is 0.383 e. The highest BCUT2D eigenvalue weighted by atomic mass is 32.2. The number of hydrogen-bond acceptors (Lipinski definition) is 5. The van der Waals surface area contributed by atoms with Crippen LogP contribution < -0.4 is 10.5 Å². The summed E-state index contributed by atoms with van der Waals surface area (Å²) in [7, 11) is -3.56. The van der Waals surface area contributed by atoms with Crippen molar-refractivity contribution in [3.63, 3.8) is 0 Å². The van der Waals surface area contributed by atoms with E-state index in [1.165, 1.54) is 19.0 Å². The van der Waals surface area contributed by atoms with Crippen LogP contribution in [-0.2, 0) is 10.0 Å². The van der Waals surface area contributed by atoms with Gasteiger partial charge in [0.25, 0.3) is 0 Å². The molecule has 2 saturated heterocycles. The molecule has 1 aromatic rings. The molecule has 7 nitrogen and oxygen atoms in total. The molecule has 2 aliphatic heterocycles. The first-order chi connectivity index (χ1) is 9.06. The third kappa shape index (κ3) is 2.47. The van der Waals surface area contributed by atoms with Gasteiger partial charge in [-0.25, -0.2) is 13.1 Å². The standard InChI is InChI=1S/C11H19N5O2S/c12-11-10(7-13-14-11)19(17,18)15-8-3-5-16-4-1-2-9(16)6-8/h7-9,15H,1-6H2,(H3,12,13,14). The second-order valence-electron chi connectivity index (χ2n) is 5.32. The molecule has 3 heterocycles. The predicted octanol–water partition coefficient (Wildman–Crippen LogP) is -0.103. The smallest absolute Gasteiger partial charge is 0.246 e. The molecule has 0 spiro atoms. The Hall–Kier alpha value is -1.12. The van der Waals surface area contributed by atoms with E-state index in [-0.39, 0.29) is 16.8 Å². The number of nitrogens with zero attached hydrogens (tertiary/aromatic N) is 2. The third-order valence-electron chi connectivity index (χ3n) is 4.06. The Morgan fingerprint density at radius 1 is 1.42 bits per heavy atom. The number of aromatic nitrogens is 2.